The Hall–Kier alpha value is -3.54. The lowest BCUT2D eigenvalue weighted by Crippen LogP contribution is -2.53. The Morgan fingerprint density at radius 2 is 1.71 bits per heavy atom. The number of hydrogen-bond acceptors (Lipinski definition) is 6. The van der Waals surface area contributed by atoms with Gasteiger partial charge in [0, 0.05) is 18.7 Å². The molecule has 9 heteroatoms. The second kappa shape index (κ2) is 15.7. The molecule has 0 saturated carbocycles. The molecule has 0 saturated heterocycles. The molecular formula is C29H43N3O6. The third kappa shape index (κ3) is 11.2. The lowest BCUT2D eigenvalue weighted by Gasteiger charge is -2.34. The van der Waals surface area contributed by atoms with Gasteiger partial charge in [-0.25, -0.2) is 4.79 Å². The molecule has 2 unspecified atom stereocenters. The number of carbonyl (C=O) groups excluding carboxylic acids is 4. The first-order valence-corrected chi connectivity index (χ1v) is 13.1. The zero-order chi connectivity index (χ0) is 28.9. The average molecular weight is 530 g/mol. The maximum absolute atomic E-state index is 13.9. The first-order chi connectivity index (χ1) is 17.8. The Labute approximate surface area is 227 Å². The molecule has 0 aliphatic heterocycles. The predicted octanol–water partition coefficient (Wildman–Crippen LogP) is 3.96. The number of benzene rings is 1. The third-order valence-electron chi connectivity index (χ3n) is 5.33. The largest absolute Gasteiger partial charge is 0.466 e. The second-order valence-electron chi connectivity index (χ2n) is 10.4. The fourth-order valence-electron chi connectivity index (χ4n) is 3.80. The van der Waals surface area contributed by atoms with E-state index in [0.717, 1.165) is 0 Å². The summed E-state index contributed by atoms with van der Waals surface area (Å²) in [4.78, 5) is 53.3. The van der Waals surface area contributed by atoms with E-state index in [1.165, 1.54) is 4.90 Å². The number of esters is 1. The summed E-state index contributed by atoms with van der Waals surface area (Å²) in [7, 11) is 0. The normalized spacial score (nSPS) is 12.6. The van der Waals surface area contributed by atoms with Crippen LogP contribution >= 0.6 is 0 Å². The van der Waals surface area contributed by atoms with Gasteiger partial charge in [-0.2, -0.15) is 0 Å². The summed E-state index contributed by atoms with van der Waals surface area (Å²) in [5.74, 6) is 1.34. The number of hydrogen-bond donors (Lipinski definition) is 2. The molecule has 0 aliphatic carbocycles. The number of ether oxygens (including phenoxy) is 2. The van der Waals surface area contributed by atoms with Crippen LogP contribution in [0, 0.1) is 18.3 Å². The van der Waals surface area contributed by atoms with Gasteiger partial charge in [-0.1, -0.05) is 38.8 Å². The van der Waals surface area contributed by atoms with Crippen LogP contribution in [0.15, 0.2) is 24.3 Å². The molecule has 1 aromatic carbocycles. The van der Waals surface area contributed by atoms with E-state index in [1.807, 2.05) is 20.8 Å². The predicted molar refractivity (Wildman–Crippen MR) is 146 cm³/mol. The van der Waals surface area contributed by atoms with Gasteiger partial charge in [0.15, 0.2) is 0 Å². The first-order valence-electron chi connectivity index (χ1n) is 13.1. The van der Waals surface area contributed by atoms with Crippen molar-refractivity contribution >= 4 is 23.9 Å². The molecule has 1 aromatic rings. The van der Waals surface area contributed by atoms with Crippen molar-refractivity contribution in [3.8, 4) is 12.3 Å². The second-order valence-corrected chi connectivity index (χ2v) is 10.4. The first kappa shape index (κ1) is 32.5. The summed E-state index contributed by atoms with van der Waals surface area (Å²) in [6.45, 7) is 13.3. The van der Waals surface area contributed by atoms with Gasteiger partial charge in [0.2, 0.25) is 11.8 Å². The number of carbonyl (C=O) groups is 4. The summed E-state index contributed by atoms with van der Waals surface area (Å²) in [6.07, 6.45) is 5.71. The van der Waals surface area contributed by atoms with Crippen molar-refractivity contribution in [3.63, 3.8) is 0 Å². The molecule has 0 aliphatic rings. The van der Waals surface area contributed by atoms with Crippen molar-refractivity contribution in [2.75, 3.05) is 19.7 Å². The van der Waals surface area contributed by atoms with E-state index in [2.05, 4.69) is 16.6 Å². The van der Waals surface area contributed by atoms with Crippen molar-refractivity contribution in [2.24, 2.45) is 5.92 Å². The number of amides is 3. The van der Waals surface area contributed by atoms with E-state index in [-0.39, 0.29) is 32.0 Å². The minimum Gasteiger partial charge on any atom is -0.466 e. The van der Waals surface area contributed by atoms with Gasteiger partial charge in [0.05, 0.1) is 13.0 Å². The number of nitrogens with zero attached hydrogens (tertiary/aromatic N) is 1. The third-order valence-corrected chi connectivity index (χ3v) is 5.33. The van der Waals surface area contributed by atoms with Crippen LogP contribution in [-0.2, 0) is 23.9 Å². The fourth-order valence-corrected chi connectivity index (χ4v) is 3.80. The molecule has 9 nitrogen and oxygen atoms in total. The van der Waals surface area contributed by atoms with E-state index in [9.17, 15) is 19.2 Å². The summed E-state index contributed by atoms with van der Waals surface area (Å²) in [5, 5.41) is 5.47. The molecule has 38 heavy (non-hydrogen) atoms. The zero-order valence-corrected chi connectivity index (χ0v) is 23.8. The van der Waals surface area contributed by atoms with Crippen LogP contribution in [0.1, 0.15) is 84.9 Å². The summed E-state index contributed by atoms with van der Waals surface area (Å²) >= 11 is 0. The summed E-state index contributed by atoms with van der Waals surface area (Å²) in [6, 6.07) is 4.91. The molecular weight excluding hydrogens is 486 g/mol. The van der Waals surface area contributed by atoms with Crippen LogP contribution < -0.4 is 10.6 Å². The minimum atomic E-state index is -1.01. The Balaban J connectivity index is 3.37. The topological polar surface area (TPSA) is 114 Å². The van der Waals surface area contributed by atoms with Crippen LogP contribution in [0.5, 0.6) is 0 Å². The number of terminal acetylenes is 1. The molecule has 0 spiro atoms. The van der Waals surface area contributed by atoms with Gasteiger partial charge < -0.3 is 25.0 Å². The standard InChI is InChI=1S/C29H43N3O6/c1-9-18-32(27(35)23(19-20(4)5)31-28(36)38-29(6,7)8)25(22-14-12-21(10-2)13-15-22)26(34)30-17-16-24(33)37-11-3/h2,12-15,20,23,25H,9,11,16-19H2,1,3-8H3,(H,30,34)(H,31,36). The Morgan fingerprint density at radius 1 is 1.08 bits per heavy atom. The molecule has 3 amide bonds. The van der Waals surface area contributed by atoms with Crippen LogP contribution in [0.4, 0.5) is 4.79 Å². The highest BCUT2D eigenvalue weighted by molar-refractivity contribution is 5.92. The maximum atomic E-state index is 13.9. The van der Waals surface area contributed by atoms with E-state index >= 15 is 0 Å². The van der Waals surface area contributed by atoms with Crippen molar-refractivity contribution < 1.29 is 28.7 Å². The van der Waals surface area contributed by atoms with Crippen molar-refractivity contribution in [1.29, 1.82) is 0 Å². The molecule has 2 atom stereocenters. The molecule has 210 valence electrons. The zero-order valence-electron chi connectivity index (χ0n) is 23.8. The monoisotopic (exact) mass is 529 g/mol. The van der Waals surface area contributed by atoms with Gasteiger partial charge in [-0.15, -0.1) is 6.42 Å². The number of rotatable bonds is 13. The van der Waals surface area contributed by atoms with Crippen LogP contribution in [0.25, 0.3) is 0 Å². The molecule has 1 rings (SSSR count). The quantitative estimate of drug-likeness (QED) is 0.295. The van der Waals surface area contributed by atoms with E-state index in [4.69, 9.17) is 15.9 Å². The highest BCUT2D eigenvalue weighted by atomic mass is 16.6. The Morgan fingerprint density at radius 3 is 2.21 bits per heavy atom. The van der Waals surface area contributed by atoms with E-state index < -0.39 is 41.6 Å². The van der Waals surface area contributed by atoms with E-state index in [0.29, 0.717) is 24.0 Å². The lowest BCUT2D eigenvalue weighted by molar-refractivity contribution is -0.144. The van der Waals surface area contributed by atoms with Crippen LogP contribution in [0.2, 0.25) is 0 Å². The highest BCUT2D eigenvalue weighted by Crippen LogP contribution is 2.25. The van der Waals surface area contributed by atoms with Gasteiger partial charge >= 0.3 is 12.1 Å². The molecule has 0 aromatic heterocycles. The smallest absolute Gasteiger partial charge is 0.408 e. The van der Waals surface area contributed by atoms with Crippen molar-refractivity contribution in [3.05, 3.63) is 35.4 Å². The Bertz CT molecular complexity index is 976. The highest BCUT2D eigenvalue weighted by Gasteiger charge is 2.36. The van der Waals surface area contributed by atoms with Crippen LogP contribution in [0.3, 0.4) is 0 Å². The summed E-state index contributed by atoms with van der Waals surface area (Å²) in [5.41, 5.74) is 0.450. The Kier molecular flexibility index (Phi) is 13.4. The maximum Gasteiger partial charge on any atom is 0.408 e. The minimum absolute atomic E-state index is 0.000228. The molecule has 0 heterocycles. The average Bonchev–Trinajstić information content (AvgIpc) is 2.82. The molecule has 0 fully saturated rings. The SMILES string of the molecule is C#Cc1ccc(C(C(=O)NCCC(=O)OCC)N(CCC)C(=O)C(CC(C)C)NC(=O)OC(C)(C)C)cc1. The van der Waals surface area contributed by atoms with Crippen molar-refractivity contribution in [2.45, 2.75) is 85.4 Å². The van der Waals surface area contributed by atoms with E-state index in [1.54, 1.807) is 52.0 Å². The number of nitrogens with one attached hydrogen (secondary N) is 2. The summed E-state index contributed by atoms with van der Waals surface area (Å²) < 4.78 is 10.3. The van der Waals surface area contributed by atoms with Gasteiger partial charge in [0.1, 0.15) is 17.7 Å². The van der Waals surface area contributed by atoms with Gasteiger partial charge in [-0.3, -0.25) is 14.4 Å². The fraction of sp³-hybridized carbons (Fsp3) is 0.586. The lowest BCUT2D eigenvalue weighted by atomic mass is 9.98. The van der Waals surface area contributed by atoms with Crippen LogP contribution in [-0.4, -0.2) is 60.1 Å². The molecule has 0 bridgehead atoms. The molecule has 2 N–H and O–H groups in total. The van der Waals surface area contributed by atoms with Gasteiger partial charge in [-0.05, 0) is 64.2 Å². The van der Waals surface area contributed by atoms with Gasteiger partial charge in [0.25, 0.3) is 0 Å². The molecule has 0 radical (unpaired) electrons. The van der Waals surface area contributed by atoms with Crippen molar-refractivity contribution in [1.82, 2.24) is 15.5 Å². The number of alkyl carbamates (subject to hydrolysis) is 1.